The predicted octanol–water partition coefficient (Wildman–Crippen LogP) is 3.63. The normalized spacial score (nSPS) is 13.2. The van der Waals surface area contributed by atoms with Crippen LogP contribution >= 0.6 is 11.8 Å². The van der Waals surface area contributed by atoms with Crippen molar-refractivity contribution in [2.45, 2.75) is 41.0 Å². The van der Waals surface area contributed by atoms with Crippen molar-refractivity contribution >= 4 is 11.8 Å². The molecule has 0 aliphatic heterocycles. The Morgan fingerprint density at radius 1 is 1.31 bits per heavy atom. The molecule has 2 heteroatoms. The summed E-state index contributed by atoms with van der Waals surface area (Å²) < 4.78 is 0. The van der Waals surface area contributed by atoms with Crippen LogP contribution in [0.1, 0.15) is 41.0 Å². The van der Waals surface area contributed by atoms with E-state index in [0.29, 0.717) is 0 Å². The molecule has 78 valence electrons. The Bertz CT molecular complexity index is 156. The largest absolute Gasteiger partial charge is 0.391 e. The number of allylic oxidation sites excluding steroid dienone is 1. The zero-order chi connectivity index (χ0) is 10.3. The highest BCUT2D eigenvalue weighted by atomic mass is 32.2. The SMILES string of the molecule is CCCS/C(=C\NCC)C(C)(C)C. The van der Waals surface area contributed by atoms with Crippen LogP contribution in [0, 0.1) is 5.41 Å². The van der Waals surface area contributed by atoms with Gasteiger partial charge in [0.25, 0.3) is 0 Å². The molecule has 1 nitrogen and oxygen atoms in total. The summed E-state index contributed by atoms with van der Waals surface area (Å²) in [4.78, 5) is 1.45. The van der Waals surface area contributed by atoms with Crippen molar-refractivity contribution in [1.82, 2.24) is 5.32 Å². The molecular formula is C11H23NS. The molecule has 0 aromatic heterocycles. The van der Waals surface area contributed by atoms with E-state index >= 15 is 0 Å². The molecule has 0 aromatic rings. The molecule has 0 saturated heterocycles. The average molecular weight is 201 g/mol. The highest BCUT2D eigenvalue weighted by molar-refractivity contribution is 8.03. The number of thioether (sulfide) groups is 1. The lowest BCUT2D eigenvalue weighted by Crippen LogP contribution is -2.12. The lowest BCUT2D eigenvalue weighted by Gasteiger charge is -2.22. The van der Waals surface area contributed by atoms with Crippen molar-refractivity contribution < 1.29 is 0 Å². The summed E-state index contributed by atoms with van der Waals surface area (Å²) in [5, 5.41) is 3.28. The summed E-state index contributed by atoms with van der Waals surface area (Å²) in [6.45, 7) is 12.1. The van der Waals surface area contributed by atoms with E-state index in [1.807, 2.05) is 11.8 Å². The standard InChI is InChI=1S/C11H23NS/c1-6-8-13-10(9-12-7-2)11(3,4)5/h9,12H,6-8H2,1-5H3/b10-9-. The van der Waals surface area contributed by atoms with Gasteiger partial charge in [0.05, 0.1) is 0 Å². The van der Waals surface area contributed by atoms with E-state index in [0.717, 1.165) is 6.54 Å². The molecule has 0 aromatic carbocycles. The van der Waals surface area contributed by atoms with Gasteiger partial charge in [-0.25, -0.2) is 0 Å². The van der Waals surface area contributed by atoms with E-state index < -0.39 is 0 Å². The van der Waals surface area contributed by atoms with Crippen LogP contribution in [0.3, 0.4) is 0 Å². The smallest absolute Gasteiger partial charge is 0.0113 e. The first-order chi connectivity index (χ1) is 6.02. The van der Waals surface area contributed by atoms with Gasteiger partial charge in [0.15, 0.2) is 0 Å². The molecule has 0 radical (unpaired) electrons. The van der Waals surface area contributed by atoms with Gasteiger partial charge in [0, 0.05) is 17.6 Å². The summed E-state index contributed by atoms with van der Waals surface area (Å²) in [6.07, 6.45) is 3.41. The van der Waals surface area contributed by atoms with Gasteiger partial charge in [-0.15, -0.1) is 11.8 Å². The van der Waals surface area contributed by atoms with Gasteiger partial charge in [-0.05, 0) is 24.5 Å². The third kappa shape index (κ3) is 6.03. The second kappa shape index (κ2) is 6.36. The van der Waals surface area contributed by atoms with Gasteiger partial charge < -0.3 is 5.32 Å². The fourth-order valence-corrected chi connectivity index (χ4v) is 1.91. The second-order valence-electron chi connectivity index (χ2n) is 4.16. The minimum atomic E-state index is 0.280. The fourth-order valence-electron chi connectivity index (χ4n) is 0.881. The van der Waals surface area contributed by atoms with E-state index in [4.69, 9.17) is 0 Å². The minimum absolute atomic E-state index is 0.280. The lowest BCUT2D eigenvalue weighted by molar-refractivity contribution is 0.529. The van der Waals surface area contributed by atoms with E-state index in [1.165, 1.54) is 17.1 Å². The molecule has 0 rings (SSSR count). The zero-order valence-corrected chi connectivity index (χ0v) is 10.4. The highest BCUT2D eigenvalue weighted by Gasteiger charge is 2.16. The molecule has 1 N–H and O–H groups in total. The van der Waals surface area contributed by atoms with Crippen LogP contribution in [0.25, 0.3) is 0 Å². The van der Waals surface area contributed by atoms with Crippen molar-refractivity contribution in [3.05, 3.63) is 11.1 Å². The van der Waals surface area contributed by atoms with Crippen LogP contribution in [0.4, 0.5) is 0 Å². The molecule has 13 heavy (non-hydrogen) atoms. The fraction of sp³-hybridized carbons (Fsp3) is 0.818. The zero-order valence-electron chi connectivity index (χ0n) is 9.61. The maximum absolute atomic E-state index is 3.28. The highest BCUT2D eigenvalue weighted by Crippen LogP contribution is 2.34. The molecule has 0 unspecified atom stereocenters. The Morgan fingerprint density at radius 3 is 2.31 bits per heavy atom. The summed E-state index contributed by atoms with van der Waals surface area (Å²) in [5.74, 6) is 1.22. The molecule has 0 heterocycles. The van der Waals surface area contributed by atoms with Crippen LogP contribution in [-0.4, -0.2) is 12.3 Å². The van der Waals surface area contributed by atoms with Crippen molar-refractivity contribution in [1.29, 1.82) is 0 Å². The molecule has 0 spiro atoms. The maximum atomic E-state index is 3.28. The van der Waals surface area contributed by atoms with Gasteiger partial charge in [-0.3, -0.25) is 0 Å². The molecular weight excluding hydrogens is 178 g/mol. The Labute approximate surface area is 87.4 Å². The molecule has 0 fully saturated rings. The van der Waals surface area contributed by atoms with Gasteiger partial charge >= 0.3 is 0 Å². The number of hydrogen-bond acceptors (Lipinski definition) is 2. The van der Waals surface area contributed by atoms with Crippen LogP contribution < -0.4 is 5.32 Å². The number of hydrogen-bond donors (Lipinski definition) is 1. The first kappa shape index (κ1) is 12.9. The Balaban J connectivity index is 4.19. The molecule has 0 amide bonds. The predicted molar refractivity (Wildman–Crippen MR) is 64.0 cm³/mol. The van der Waals surface area contributed by atoms with Crippen molar-refractivity contribution in [2.24, 2.45) is 5.41 Å². The number of rotatable bonds is 5. The van der Waals surface area contributed by atoms with Crippen LogP contribution in [-0.2, 0) is 0 Å². The first-order valence-electron chi connectivity index (χ1n) is 5.09. The second-order valence-corrected chi connectivity index (χ2v) is 5.30. The van der Waals surface area contributed by atoms with E-state index in [2.05, 4.69) is 46.1 Å². The summed E-state index contributed by atoms with van der Waals surface area (Å²) >= 11 is 1.97. The third-order valence-electron chi connectivity index (χ3n) is 1.64. The van der Waals surface area contributed by atoms with E-state index in [1.54, 1.807) is 0 Å². The Hall–Kier alpha value is -0.110. The van der Waals surface area contributed by atoms with Crippen LogP contribution in [0.15, 0.2) is 11.1 Å². The van der Waals surface area contributed by atoms with Crippen molar-refractivity contribution in [2.75, 3.05) is 12.3 Å². The van der Waals surface area contributed by atoms with Crippen LogP contribution in [0.5, 0.6) is 0 Å². The Morgan fingerprint density at radius 2 is 1.92 bits per heavy atom. The molecule has 0 aliphatic carbocycles. The lowest BCUT2D eigenvalue weighted by atomic mass is 9.96. The quantitative estimate of drug-likeness (QED) is 0.729. The number of nitrogens with one attached hydrogen (secondary N) is 1. The average Bonchev–Trinajstić information content (AvgIpc) is 2.02. The molecule has 0 bridgehead atoms. The minimum Gasteiger partial charge on any atom is -0.391 e. The van der Waals surface area contributed by atoms with Crippen molar-refractivity contribution in [3.8, 4) is 0 Å². The van der Waals surface area contributed by atoms with Crippen molar-refractivity contribution in [3.63, 3.8) is 0 Å². The van der Waals surface area contributed by atoms with Crippen LogP contribution in [0.2, 0.25) is 0 Å². The van der Waals surface area contributed by atoms with Gasteiger partial charge in [0.1, 0.15) is 0 Å². The summed E-state index contributed by atoms with van der Waals surface area (Å²) in [6, 6.07) is 0. The van der Waals surface area contributed by atoms with E-state index in [-0.39, 0.29) is 5.41 Å². The van der Waals surface area contributed by atoms with Gasteiger partial charge in [-0.1, -0.05) is 27.7 Å². The van der Waals surface area contributed by atoms with Gasteiger partial charge in [0.2, 0.25) is 0 Å². The van der Waals surface area contributed by atoms with Gasteiger partial charge in [-0.2, -0.15) is 0 Å². The monoisotopic (exact) mass is 201 g/mol. The molecule has 0 aliphatic rings. The van der Waals surface area contributed by atoms with E-state index in [9.17, 15) is 0 Å². The third-order valence-corrected chi connectivity index (χ3v) is 3.29. The Kier molecular flexibility index (Phi) is 6.31. The summed E-state index contributed by atoms with van der Waals surface area (Å²) in [5.41, 5.74) is 0.280. The first-order valence-corrected chi connectivity index (χ1v) is 6.07. The molecule has 0 atom stereocenters. The molecule has 0 saturated carbocycles. The maximum Gasteiger partial charge on any atom is 0.0113 e. The topological polar surface area (TPSA) is 12.0 Å². The summed E-state index contributed by atoms with van der Waals surface area (Å²) in [7, 11) is 0.